The van der Waals surface area contributed by atoms with E-state index in [1.807, 2.05) is 44.2 Å². The smallest absolute Gasteiger partial charge is 0.261 e. The topological polar surface area (TPSA) is 84.5 Å². The van der Waals surface area contributed by atoms with Crippen molar-refractivity contribution in [2.24, 2.45) is 5.92 Å². The molecule has 0 saturated carbocycles. The maximum atomic E-state index is 12.0. The normalized spacial score (nSPS) is 13.1. The molecule has 1 amide bonds. The van der Waals surface area contributed by atoms with Crippen LogP contribution in [0.2, 0.25) is 0 Å². The number of sulfonamides is 1. The van der Waals surface area contributed by atoms with E-state index < -0.39 is 22.0 Å². The van der Waals surface area contributed by atoms with Gasteiger partial charge in [0.1, 0.15) is 6.04 Å². The van der Waals surface area contributed by atoms with Gasteiger partial charge in [0.15, 0.2) is 0 Å². The van der Waals surface area contributed by atoms with Crippen molar-refractivity contribution in [3.05, 3.63) is 35.9 Å². The molecule has 0 aromatic heterocycles. The van der Waals surface area contributed by atoms with E-state index in [1.165, 1.54) is 0 Å². The van der Waals surface area contributed by atoms with E-state index in [9.17, 15) is 13.2 Å². The number of hydrogen-bond acceptors (Lipinski definition) is 4. The molecule has 1 aromatic carbocycles. The van der Waals surface area contributed by atoms with Gasteiger partial charge in [0.2, 0.25) is 10.0 Å². The zero-order chi connectivity index (χ0) is 15.9. The van der Waals surface area contributed by atoms with Gasteiger partial charge in [-0.3, -0.25) is 9.63 Å². The quantitative estimate of drug-likeness (QED) is 0.706. The maximum absolute atomic E-state index is 12.0. The highest BCUT2D eigenvalue weighted by Crippen LogP contribution is 2.06. The zero-order valence-electron chi connectivity index (χ0n) is 12.5. The molecule has 1 rings (SSSR count). The Hall–Kier alpha value is -1.44. The predicted molar refractivity (Wildman–Crippen MR) is 80.6 cm³/mol. The van der Waals surface area contributed by atoms with Crippen molar-refractivity contribution in [3.63, 3.8) is 0 Å². The van der Waals surface area contributed by atoms with Crippen molar-refractivity contribution in [1.82, 2.24) is 10.2 Å². The minimum absolute atomic E-state index is 0.170. The van der Waals surface area contributed by atoms with Gasteiger partial charge in [-0.2, -0.15) is 0 Å². The third-order valence-electron chi connectivity index (χ3n) is 2.63. The number of carbonyl (C=O) groups excluding carboxylic acids is 1. The highest BCUT2D eigenvalue weighted by molar-refractivity contribution is 7.88. The Morgan fingerprint density at radius 2 is 1.86 bits per heavy atom. The molecule has 1 atom stereocenters. The number of amides is 1. The van der Waals surface area contributed by atoms with Crippen molar-refractivity contribution in [3.8, 4) is 0 Å². The molecule has 118 valence electrons. The van der Waals surface area contributed by atoms with Crippen molar-refractivity contribution < 1.29 is 18.0 Å². The maximum Gasteiger partial charge on any atom is 0.261 e. The largest absolute Gasteiger partial charge is 0.271 e. The number of rotatable bonds is 8. The summed E-state index contributed by atoms with van der Waals surface area (Å²) in [4.78, 5) is 17.1. The molecule has 1 aromatic rings. The van der Waals surface area contributed by atoms with E-state index in [2.05, 4.69) is 10.2 Å². The van der Waals surface area contributed by atoms with Crippen molar-refractivity contribution in [2.75, 3.05) is 6.26 Å². The molecule has 7 heteroatoms. The van der Waals surface area contributed by atoms with Crippen LogP contribution in [0.25, 0.3) is 0 Å². The molecule has 0 aliphatic carbocycles. The van der Waals surface area contributed by atoms with Crippen LogP contribution in [-0.2, 0) is 26.3 Å². The second-order valence-corrected chi connectivity index (χ2v) is 7.09. The molecule has 1 unspecified atom stereocenters. The molecule has 0 aliphatic rings. The minimum Gasteiger partial charge on any atom is -0.271 e. The Morgan fingerprint density at radius 1 is 1.24 bits per heavy atom. The van der Waals surface area contributed by atoms with Gasteiger partial charge in [0.25, 0.3) is 5.91 Å². The molecule has 21 heavy (non-hydrogen) atoms. The standard InChI is InChI=1S/C14H22N2O4S/c1-11(2)9-13(16-21(3,18)19)14(17)15-20-10-12-7-5-4-6-8-12/h4-8,11,13,16H,9-10H2,1-3H3,(H,15,17). The fourth-order valence-electron chi connectivity index (χ4n) is 1.77. The summed E-state index contributed by atoms with van der Waals surface area (Å²) in [6.07, 6.45) is 1.42. The van der Waals surface area contributed by atoms with Crippen molar-refractivity contribution >= 4 is 15.9 Å². The Labute approximate surface area is 125 Å². The first-order valence-corrected chi connectivity index (χ1v) is 8.60. The lowest BCUT2D eigenvalue weighted by Gasteiger charge is -2.18. The highest BCUT2D eigenvalue weighted by Gasteiger charge is 2.23. The van der Waals surface area contributed by atoms with Gasteiger partial charge in [-0.05, 0) is 17.9 Å². The van der Waals surface area contributed by atoms with Crippen LogP contribution in [-0.4, -0.2) is 26.6 Å². The molecule has 0 fully saturated rings. The van der Waals surface area contributed by atoms with Crippen LogP contribution in [0.5, 0.6) is 0 Å². The first-order chi connectivity index (χ1) is 9.78. The van der Waals surface area contributed by atoms with Crippen molar-refractivity contribution in [2.45, 2.75) is 32.9 Å². The fraction of sp³-hybridized carbons (Fsp3) is 0.500. The third-order valence-corrected chi connectivity index (χ3v) is 3.35. The van der Waals surface area contributed by atoms with Crippen LogP contribution >= 0.6 is 0 Å². The molecule has 0 heterocycles. The van der Waals surface area contributed by atoms with Gasteiger partial charge >= 0.3 is 0 Å². The van der Waals surface area contributed by atoms with Gasteiger partial charge in [-0.25, -0.2) is 18.6 Å². The van der Waals surface area contributed by atoms with Crippen LogP contribution in [0, 0.1) is 5.92 Å². The van der Waals surface area contributed by atoms with Gasteiger partial charge < -0.3 is 0 Å². The van der Waals surface area contributed by atoms with Gasteiger partial charge in [0.05, 0.1) is 12.9 Å². The molecule has 2 N–H and O–H groups in total. The summed E-state index contributed by atoms with van der Waals surface area (Å²) in [6.45, 7) is 4.05. The molecule has 0 spiro atoms. The van der Waals surface area contributed by atoms with Crippen LogP contribution in [0.1, 0.15) is 25.8 Å². The second-order valence-electron chi connectivity index (χ2n) is 5.31. The van der Waals surface area contributed by atoms with Crippen LogP contribution in [0.15, 0.2) is 30.3 Å². The summed E-state index contributed by atoms with van der Waals surface area (Å²) in [5.74, 6) is -0.325. The average molecular weight is 314 g/mol. The molecular weight excluding hydrogens is 292 g/mol. The Bertz CT molecular complexity index is 543. The lowest BCUT2D eigenvalue weighted by molar-refractivity contribution is -0.136. The molecule has 6 nitrogen and oxygen atoms in total. The summed E-state index contributed by atoms with van der Waals surface area (Å²) < 4.78 is 24.9. The van der Waals surface area contributed by atoms with E-state index in [1.54, 1.807) is 0 Å². The van der Waals surface area contributed by atoms with Crippen molar-refractivity contribution in [1.29, 1.82) is 0 Å². The summed E-state index contributed by atoms with van der Waals surface area (Å²) in [6, 6.07) is 8.52. The van der Waals surface area contributed by atoms with Crippen LogP contribution in [0.4, 0.5) is 0 Å². The summed E-state index contributed by atoms with van der Waals surface area (Å²) in [5, 5.41) is 0. The number of hydroxylamine groups is 1. The number of nitrogens with one attached hydrogen (secondary N) is 2. The first-order valence-electron chi connectivity index (χ1n) is 6.71. The predicted octanol–water partition coefficient (Wildman–Crippen LogP) is 1.20. The molecule has 0 bridgehead atoms. The minimum atomic E-state index is -3.46. The van der Waals surface area contributed by atoms with Crippen LogP contribution in [0.3, 0.4) is 0 Å². The van der Waals surface area contributed by atoms with E-state index in [0.717, 1.165) is 11.8 Å². The lowest BCUT2D eigenvalue weighted by atomic mass is 10.0. The zero-order valence-corrected chi connectivity index (χ0v) is 13.3. The molecule has 0 aliphatic heterocycles. The Morgan fingerprint density at radius 3 is 2.38 bits per heavy atom. The Balaban J connectivity index is 2.52. The average Bonchev–Trinajstić information content (AvgIpc) is 2.37. The van der Waals surface area contributed by atoms with E-state index in [0.29, 0.717) is 6.42 Å². The van der Waals surface area contributed by atoms with Crippen LogP contribution < -0.4 is 10.2 Å². The third kappa shape index (κ3) is 7.79. The fourth-order valence-corrected chi connectivity index (χ4v) is 2.49. The van der Waals surface area contributed by atoms with Gasteiger partial charge in [0, 0.05) is 0 Å². The first kappa shape index (κ1) is 17.6. The van der Waals surface area contributed by atoms with Gasteiger partial charge in [-0.15, -0.1) is 0 Å². The lowest BCUT2D eigenvalue weighted by Crippen LogP contribution is -2.46. The number of hydrogen-bond donors (Lipinski definition) is 2. The van der Waals surface area contributed by atoms with E-state index in [4.69, 9.17) is 4.84 Å². The molecule has 0 saturated heterocycles. The molecular formula is C14H22N2O4S. The second kappa shape index (κ2) is 8.11. The molecule has 0 radical (unpaired) electrons. The monoisotopic (exact) mass is 314 g/mol. The Kier molecular flexibility index (Phi) is 6.80. The summed E-state index contributed by atoms with van der Waals surface area (Å²) in [7, 11) is -3.46. The summed E-state index contributed by atoms with van der Waals surface area (Å²) in [5.41, 5.74) is 3.20. The van der Waals surface area contributed by atoms with E-state index >= 15 is 0 Å². The number of benzene rings is 1. The van der Waals surface area contributed by atoms with E-state index in [-0.39, 0.29) is 12.5 Å². The highest BCUT2D eigenvalue weighted by atomic mass is 32.2. The van der Waals surface area contributed by atoms with Gasteiger partial charge in [-0.1, -0.05) is 44.2 Å². The SMILES string of the molecule is CC(C)CC(NS(C)(=O)=O)C(=O)NOCc1ccccc1. The summed E-state index contributed by atoms with van der Waals surface area (Å²) >= 11 is 0. The number of carbonyl (C=O) groups is 1.